The average Bonchev–Trinajstić information content (AvgIpc) is 3.40. The summed E-state index contributed by atoms with van der Waals surface area (Å²) < 4.78 is 10.5. The number of rotatable bonds is 8. The van der Waals surface area contributed by atoms with Crippen molar-refractivity contribution in [3.8, 4) is 0 Å². The molecule has 4 N–H and O–H groups in total. The third-order valence-corrected chi connectivity index (χ3v) is 5.72. The Hall–Kier alpha value is -4.42. The highest BCUT2D eigenvalue weighted by molar-refractivity contribution is 5.83. The van der Waals surface area contributed by atoms with Crippen LogP contribution in [0.2, 0.25) is 0 Å². The standard InChI is InChI=1S/C22H32N12O4/c1-21(2,3)37-19(35)31-17-25-9-13(29-17)15-11(7-27-33-23)12(8-28-34-24)16(15)14-10-26-18(30-14)32-20(36)38-22(4,5)6/h9-12,15-16H,7-8H2,1-6H3,(H2,25,29,31,35)(H2,26,30,32,36)/t11-,12-,15-,16-/m0/s1. The largest absolute Gasteiger partial charge is 0.444 e. The number of hydrogen-bond acceptors (Lipinski definition) is 8. The molecule has 16 heteroatoms. The maximum atomic E-state index is 12.2. The van der Waals surface area contributed by atoms with Crippen LogP contribution in [0, 0.1) is 11.8 Å². The van der Waals surface area contributed by atoms with Crippen molar-refractivity contribution < 1.29 is 19.1 Å². The fourth-order valence-corrected chi connectivity index (χ4v) is 4.46. The van der Waals surface area contributed by atoms with Gasteiger partial charge in [0.05, 0.1) is 12.4 Å². The van der Waals surface area contributed by atoms with Gasteiger partial charge < -0.3 is 19.4 Å². The van der Waals surface area contributed by atoms with E-state index in [4.69, 9.17) is 20.5 Å². The van der Waals surface area contributed by atoms with E-state index in [0.29, 0.717) is 11.4 Å². The summed E-state index contributed by atoms with van der Waals surface area (Å²) in [6, 6.07) is 0. The zero-order valence-corrected chi connectivity index (χ0v) is 22.1. The Morgan fingerprint density at radius 2 is 1.21 bits per heavy atom. The lowest BCUT2D eigenvalue weighted by atomic mass is 9.54. The molecule has 0 bridgehead atoms. The topological polar surface area (TPSA) is 232 Å². The summed E-state index contributed by atoms with van der Waals surface area (Å²) in [6.45, 7) is 10.8. The van der Waals surface area contributed by atoms with Gasteiger partial charge in [-0.1, -0.05) is 10.2 Å². The lowest BCUT2D eigenvalue weighted by Crippen LogP contribution is -2.46. The van der Waals surface area contributed by atoms with Crippen LogP contribution in [0.1, 0.15) is 64.8 Å². The molecule has 2 aromatic heterocycles. The number of H-pyrrole nitrogens is 2. The van der Waals surface area contributed by atoms with Gasteiger partial charge in [-0.25, -0.2) is 19.6 Å². The van der Waals surface area contributed by atoms with Crippen LogP contribution < -0.4 is 10.6 Å². The second kappa shape index (κ2) is 11.3. The first-order valence-electron chi connectivity index (χ1n) is 11.9. The van der Waals surface area contributed by atoms with E-state index in [-0.39, 0.29) is 48.7 Å². The summed E-state index contributed by atoms with van der Waals surface area (Å²) in [5.74, 6) is -0.577. The molecule has 1 aliphatic rings. The fraction of sp³-hybridized carbons (Fsp3) is 0.636. The van der Waals surface area contributed by atoms with Gasteiger partial charge in [-0.15, -0.1) is 0 Å². The molecule has 1 aliphatic carbocycles. The van der Waals surface area contributed by atoms with Crippen LogP contribution in [0.5, 0.6) is 0 Å². The first kappa shape index (κ1) is 28.2. The molecule has 2 amide bonds. The van der Waals surface area contributed by atoms with Crippen molar-refractivity contribution in [3.05, 3.63) is 44.7 Å². The second-order valence-corrected chi connectivity index (χ2v) is 10.8. The number of aromatic nitrogens is 4. The Balaban J connectivity index is 1.88. The lowest BCUT2D eigenvalue weighted by Gasteiger charge is -2.50. The monoisotopic (exact) mass is 528 g/mol. The molecule has 0 aliphatic heterocycles. The van der Waals surface area contributed by atoms with E-state index in [9.17, 15) is 9.59 Å². The number of imidazole rings is 2. The van der Waals surface area contributed by atoms with E-state index in [1.165, 1.54) is 0 Å². The summed E-state index contributed by atoms with van der Waals surface area (Å²) in [6.07, 6.45) is 1.82. The van der Waals surface area contributed by atoms with Gasteiger partial charge in [0.2, 0.25) is 11.9 Å². The molecule has 0 aromatic carbocycles. The first-order chi connectivity index (χ1) is 17.8. The van der Waals surface area contributed by atoms with E-state index in [1.807, 2.05) is 0 Å². The number of hydrogen-bond donors (Lipinski definition) is 4. The van der Waals surface area contributed by atoms with Crippen LogP contribution in [0.25, 0.3) is 20.9 Å². The maximum Gasteiger partial charge on any atom is 0.414 e. The van der Waals surface area contributed by atoms with Gasteiger partial charge in [0.15, 0.2) is 0 Å². The Morgan fingerprint density at radius 3 is 1.53 bits per heavy atom. The Morgan fingerprint density at radius 1 is 0.842 bits per heavy atom. The van der Waals surface area contributed by atoms with Crippen molar-refractivity contribution in [3.63, 3.8) is 0 Å². The number of azide groups is 2. The van der Waals surface area contributed by atoms with Gasteiger partial charge in [-0.2, -0.15) is 0 Å². The molecule has 4 atom stereocenters. The molecule has 204 valence electrons. The quantitative estimate of drug-likeness (QED) is 0.194. The third kappa shape index (κ3) is 7.31. The average molecular weight is 529 g/mol. The molecule has 2 heterocycles. The number of nitrogens with one attached hydrogen (secondary N) is 4. The molecular weight excluding hydrogens is 496 g/mol. The van der Waals surface area contributed by atoms with Crippen LogP contribution in [0.15, 0.2) is 22.6 Å². The van der Waals surface area contributed by atoms with E-state index in [0.717, 1.165) is 0 Å². The summed E-state index contributed by atoms with van der Waals surface area (Å²) in [5, 5.41) is 12.6. The number of nitrogens with zero attached hydrogens (tertiary/aromatic N) is 8. The third-order valence-electron chi connectivity index (χ3n) is 5.72. The SMILES string of the molecule is CC(C)(C)OC(=O)Nc1ncc([C@@H]2[C@@H](CN=[N+]=[N-])[C@H](CN=[N+]=[N-])[C@H]2c2cnc(NC(=O)OC(C)(C)C)[nH]2)[nH]1. The molecule has 16 nitrogen and oxygen atoms in total. The van der Waals surface area contributed by atoms with Gasteiger partial charge in [0.25, 0.3) is 0 Å². The Labute approximate surface area is 218 Å². The fourth-order valence-electron chi connectivity index (χ4n) is 4.46. The van der Waals surface area contributed by atoms with Gasteiger partial charge in [-0.3, -0.25) is 10.6 Å². The molecular formula is C22H32N12O4. The Bertz CT molecular complexity index is 1150. The van der Waals surface area contributed by atoms with Crippen molar-refractivity contribution in [1.82, 2.24) is 19.9 Å². The molecule has 38 heavy (non-hydrogen) atoms. The van der Waals surface area contributed by atoms with Crippen molar-refractivity contribution >= 4 is 24.1 Å². The van der Waals surface area contributed by atoms with E-state index >= 15 is 0 Å². The smallest absolute Gasteiger partial charge is 0.414 e. The van der Waals surface area contributed by atoms with Crippen molar-refractivity contribution in [1.29, 1.82) is 0 Å². The highest BCUT2D eigenvalue weighted by atomic mass is 16.6. The minimum Gasteiger partial charge on any atom is -0.444 e. The number of ether oxygens (including phenoxy) is 2. The van der Waals surface area contributed by atoms with E-state index in [2.05, 4.69) is 50.6 Å². The van der Waals surface area contributed by atoms with Crippen LogP contribution in [0.3, 0.4) is 0 Å². The lowest BCUT2D eigenvalue weighted by molar-refractivity contribution is 0.0623. The second-order valence-electron chi connectivity index (χ2n) is 10.8. The summed E-state index contributed by atoms with van der Waals surface area (Å²) >= 11 is 0. The van der Waals surface area contributed by atoms with E-state index in [1.54, 1.807) is 53.9 Å². The minimum absolute atomic E-state index is 0.147. The first-order valence-corrected chi connectivity index (χ1v) is 11.9. The van der Waals surface area contributed by atoms with Gasteiger partial charge in [0.1, 0.15) is 11.2 Å². The molecule has 3 rings (SSSR count). The molecule has 1 fully saturated rings. The van der Waals surface area contributed by atoms with Crippen LogP contribution in [-0.4, -0.2) is 56.4 Å². The van der Waals surface area contributed by atoms with Crippen LogP contribution >= 0.6 is 0 Å². The molecule has 0 spiro atoms. The predicted octanol–water partition coefficient (Wildman–Crippen LogP) is 5.56. The zero-order chi connectivity index (χ0) is 28.1. The van der Waals surface area contributed by atoms with Gasteiger partial charge in [0, 0.05) is 46.1 Å². The summed E-state index contributed by atoms with van der Waals surface area (Å²) in [4.78, 5) is 44.8. The van der Waals surface area contributed by atoms with Crippen LogP contribution in [0.4, 0.5) is 21.5 Å². The van der Waals surface area contributed by atoms with E-state index < -0.39 is 23.4 Å². The number of aromatic amines is 2. The highest BCUT2D eigenvalue weighted by Gasteiger charge is 2.52. The van der Waals surface area contributed by atoms with Gasteiger partial charge in [-0.05, 0) is 64.4 Å². The number of amides is 2. The molecule has 1 saturated carbocycles. The van der Waals surface area contributed by atoms with Crippen molar-refractivity contribution in [2.75, 3.05) is 23.7 Å². The number of carbonyl (C=O) groups is 2. The zero-order valence-electron chi connectivity index (χ0n) is 22.1. The molecule has 0 radical (unpaired) electrons. The summed E-state index contributed by atoms with van der Waals surface area (Å²) in [5.41, 5.74) is 17.8. The van der Waals surface area contributed by atoms with Crippen molar-refractivity contribution in [2.45, 2.75) is 64.6 Å². The molecule has 2 aromatic rings. The molecule has 0 unspecified atom stereocenters. The highest BCUT2D eigenvalue weighted by Crippen LogP contribution is 2.57. The number of carbonyl (C=O) groups excluding carboxylic acids is 2. The summed E-state index contributed by atoms with van der Waals surface area (Å²) in [7, 11) is 0. The maximum absolute atomic E-state index is 12.2. The normalized spacial score (nSPS) is 20.8. The minimum atomic E-state index is -0.681. The van der Waals surface area contributed by atoms with Crippen molar-refractivity contribution in [2.24, 2.45) is 22.1 Å². The van der Waals surface area contributed by atoms with Gasteiger partial charge >= 0.3 is 12.2 Å². The number of anilines is 2. The van der Waals surface area contributed by atoms with Crippen LogP contribution in [-0.2, 0) is 9.47 Å². The predicted molar refractivity (Wildman–Crippen MR) is 137 cm³/mol. The molecule has 0 saturated heterocycles. The Kier molecular flexibility index (Phi) is 8.39.